The molecule has 2 atom stereocenters. The van der Waals surface area contributed by atoms with Gasteiger partial charge in [0.25, 0.3) is 0 Å². The first-order valence-corrected chi connectivity index (χ1v) is 3.59. The molecule has 1 heterocycles. The standard InChI is InChI=1S/C4H8O2S/c1-4-2-3-7(5)6-4/h4H,2-3H2,1H3/t4-,7?/m1/s1. The van der Waals surface area contributed by atoms with Crippen LogP contribution >= 0.6 is 0 Å². The monoisotopic (exact) mass is 120 g/mol. The molecule has 0 spiro atoms. The Morgan fingerprint density at radius 3 is 2.71 bits per heavy atom. The summed E-state index contributed by atoms with van der Waals surface area (Å²) in [6, 6.07) is 0. The van der Waals surface area contributed by atoms with Crippen LogP contribution in [0.2, 0.25) is 0 Å². The summed E-state index contributed by atoms with van der Waals surface area (Å²) >= 11 is -0.953. The van der Waals surface area contributed by atoms with Gasteiger partial charge in [-0.1, -0.05) is 0 Å². The Morgan fingerprint density at radius 1 is 1.86 bits per heavy atom. The SMILES string of the molecule is C[C@@H]1CCS(=O)O1. The van der Waals surface area contributed by atoms with Crippen molar-refractivity contribution in [2.24, 2.45) is 0 Å². The molecule has 0 amide bonds. The van der Waals surface area contributed by atoms with E-state index >= 15 is 0 Å². The minimum absolute atomic E-state index is 0.223. The first-order chi connectivity index (χ1) is 3.29. The first-order valence-electron chi connectivity index (χ1n) is 2.34. The molecule has 0 N–H and O–H groups in total. The van der Waals surface area contributed by atoms with Crippen LogP contribution in [0.15, 0.2) is 0 Å². The fourth-order valence-corrected chi connectivity index (χ4v) is 1.62. The predicted molar refractivity (Wildman–Crippen MR) is 28.2 cm³/mol. The van der Waals surface area contributed by atoms with E-state index in [9.17, 15) is 4.21 Å². The van der Waals surface area contributed by atoms with Gasteiger partial charge in [-0.2, -0.15) is 0 Å². The summed E-state index contributed by atoms with van der Waals surface area (Å²) in [6.45, 7) is 1.94. The Bertz CT molecular complexity index is 91.7. The van der Waals surface area contributed by atoms with Gasteiger partial charge in [-0.15, -0.1) is 0 Å². The van der Waals surface area contributed by atoms with Crippen LogP contribution in [0, 0.1) is 0 Å². The molecule has 0 saturated carbocycles. The third-order valence-electron chi connectivity index (χ3n) is 0.963. The van der Waals surface area contributed by atoms with Crippen LogP contribution in [0.3, 0.4) is 0 Å². The molecule has 1 aliphatic rings. The normalized spacial score (nSPS) is 41.9. The van der Waals surface area contributed by atoms with Crippen molar-refractivity contribution in [2.75, 3.05) is 5.75 Å². The largest absolute Gasteiger partial charge is 0.287 e. The highest BCUT2D eigenvalue weighted by atomic mass is 32.2. The van der Waals surface area contributed by atoms with Gasteiger partial charge in [-0.25, -0.2) is 4.21 Å². The van der Waals surface area contributed by atoms with Crippen molar-refractivity contribution in [3.63, 3.8) is 0 Å². The lowest BCUT2D eigenvalue weighted by Gasteiger charge is -1.92. The molecule has 0 aromatic heterocycles. The summed E-state index contributed by atoms with van der Waals surface area (Å²) in [4.78, 5) is 0. The Morgan fingerprint density at radius 2 is 2.57 bits per heavy atom. The molecule has 7 heavy (non-hydrogen) atoms. The minimum Gasteiger partial charge on any atom is -0.287 e. The maximum atomic E-state index is 10.3. The van der Waals surface area contributed by atoms with E-state index in [2.05, 4.69) is 0 Å². The van der Waals surface area contributed by atoms with Gasteiger partial charge in [0.15, 0.2) is 11.1 Å². The smallest absolute Gasteiger partial charge is 0.155 e. The number of hydrogen-bond donors (Lipinski definition) is 0. The molecule has 2 nitrogen and oxygen atoms in total. The molecule has 3 heteroatoms. The van der Waals surface area contributed by atoms with Crippen molar-refractivity contribution >= 4 is 11.1 Å². The Kier molecular flexibility index (Phi) is 1.44. The lowest BCUT2D eigenvalue weighted by molar-refractivity contribution is 0.273. The number of rotatable bonds is 0. The molecule has 1 saturated heterocycles. The second-order valence-electron chi connectivity index (χ2n) is 1.70. The van der Waals surface area contributed by atoms with Crippen LogP contribution in [-0.2, 0) is 15.3 Å². The molecule has 42 valence electrons. The zero-order valence-electron chi connectivity index (χ0n) is 4.22. The van der Waals surface area contributed by atoms with Gasteiger partial charge in [0.1, 0.15) is 0 Å². The van der Waals surface area contributed by atoms with Gasteiger partial charge < -0.3 is 0 Å². The fraction of sp³-hybridized carbons (Fsp3) is 1.00. The zero-order valence-corrected chi connectivity index (χ0v) is 5.03. The summed E-state index contributed by atoms with van der Waals surface area (Å²) in [7, 11) is 0. The van der Waals surface area contributed by atoms with Crippen molar-refractivity contribution in [3.05, 3.63) is 0 Å². The highest BCUT2D eigenvalue weighted by molar-refractivity contribution is 7.80. The van der Waals surface area contributed by atoms with Gasteiger partial charge in [0.2, 0.25) is 0 Å². The molecule has 0 aromatic carbocycles. The first kappa shape index (κ1) is 5.25. The van der Waals surface area contributed by atoms with Crippen LogP contribution in [0.25, 0.3) is 0 Å². The van der Waals surface area contributed by atoms with Crippen molar-refractivity contribution < 1.29 is 8.39 Å². The Hall–Kier alpha value is 0.110. The molecule has 1 fully saturated rings. The minimum atomic E-state index is -0.953. The second kappa shape index (κ2) is 1.92. The molecule has 1 rings (SSSR count). The maximum absolute atomic E-state index is 10.3. The van der Waals surface area contributed by atoms with Gasteiger partial charge in [0, 0.05) is 0 Å². The van der Waals surface area contributed by atoms with Crippen molar-refractivity contribution in [2.45, 2.75) is 19.4 Å². The van der Waals surface area contributed by atoms with E-state index in [1.54, 1.807) is 0 Å². The maximum Gasteiger partial charge on any atom is 0.155 e. The molecular formula is C4H8O2S. The average molecular weight is 120 g/mol. The highest BCUT2D eigenvalue weighted by Crippen LogP contribution is 2.09. The summed E-state index contributed by atoms with van der Waals surface area (Å²) in [5, 5.41) is 0. The van der Waals surface area contributed by atoms with Crippen molar-refractivity contribution in [3.8, 4) is 0 Å². The zero-order chi connectivity index (χ0) is 5.28. The Labute approximate surface area is 45.5 Å². The lowest BCUT2D eigenvalue weighted by atomic mass is 10.3. The average Bonchev–Trinajstić information content (AvgIpc) is 1.87. The highest BCUT2D eigenvalue weighted by Gasteiger charge is 2.16. The van der Waals surface area contributed by atoms with E-state index in [0.717, 1.165) is 12.2 Å². The third kappa shape index (κ3) is 1.24. The third-order valence-corrected chi connectivity index (χ3v) is 2.07. The van der Waals surface area contributed by atoms with E-state index in [4.69, 9.17) is 4.18 Å². The molecule has 0 aliphatic carbocycles. The van der Waals surface area contributed by atoms with Gasteiger partial charge in [-0.3, -0.25) is 4.18 Å². The van der Waals surface area contributed by atoms with Crippen molar-refractivity contribution in [1.29, 1.82) is 0 Å². The molecule has 1 aliphatic heterocycles. The van der Waals surface area contributed by atoms with Crippen LogP contribution in [0.4, 0.5) is 0 Å². The molecule has 1 unspecified atom stereocenters. The van der Waals surface area contributed by atoms with Gasteiger partial charge in [0.05, 0.1) is 11.9 Å². The molecule has 0 radical (unpaired) electrons. The summed E-state index contributed by atoms with van der Waals surface area (Å²) in [5.74, 6) is 0.723. The summed E-state index contributed by atoms with van der Waals surface area (Å²) < 4.78 is 15.2. The van der Waals surface area contributed by atoms with E-state index < -0.39 is 11.1 Å². The summed E-state index contributed by atoms with van der Waals surface area (Å²) in [6.07, 6.45) is 1.17. The molecule has 0 aromatic rings. The van der Waals surface area contributed by atoms with E-state index in [1.165, 1.54) is 0 Å². The van der Waals surface area contributed by atoms with Crippen LogP contribution in [0.1, 0.15) is 13.3 Å². The Balaban J connectivity index is 2.40. The van der Waals surface area contributed by atoms with Gasteiger partial charge >= 0.3 is 0 Å². The van der Waals surface area contributed by atoms with Crippen LogP contribution in [-0.4, -0.2) is 16.1 Å². The summed E-state index contributed by atoms with van der Waals surface area (Å²) in [5.41, 5.74) is 0. The van der Waals surface area contributed by atoms with E-state index in [-0.39, 0.29) is 6.10 Å². The fourth-order valence-electron chi connectivity index (χ4n) is 0.542. The topological polar surface area (TPSA) is 26.3 Å². The van der Waals surface area contributed by atoms with Crippen LogP contribution < -0.4 is 0 Å². The van der Waals surface area contributed by atoms with Crippen LogP contribution in [0.5, 0.6) is 0 Å². The predicted octanol–water partition coefficient (Wildman–Crippen LogP) is 0.459. The van der Waals surface area contributed by atoms with Crippen molar-refractivity contribution in [1.82, 2.24) is 0 Å². The molecular weight excluding hydrogens is 112 g/mol. The second-order valence-corrected chi connectivity index (χ2v) is 2.91. The molecule has 0 bridgehead atoms. The van der Waals surface area contributed by atoms with E-state index in [0.29, 0.717) is 0 Å². The number of hydrogen-bond acceptors (Lipinski definition) is 2. The van der Waals surface area contributed by atoms with E-state index in [1.807, 2.05) is 6.92 Å². The van der Waals surface area contributed by atoms with Gasteiger partial charge in [-0.05, 0) is 13.3 Å². The quantitative estimate of drug-likeness (QED) is 0.464. The lowest BCUT2D eigenvalue weighted by Crippen LogP contribution is -1.95.